The van der Waals surface area contributed by atoms with Gasteiger partial charge in [0, 0.05) is 13.5 Å². The van der Waals surface area contributed by atoms with Gasteiger partial charge in [-0.25, -0.2) is 0 Å². The van der Waals surface area contributed by atoms with Crippen molar-refractivity contribution in [3.05, 3.63) is 7.43 Å². The molecule has 0 aromatic carbocycles. The van der Waals surface area contributed by atoms with Crippen molar-refractivity contribution in [1.82, 2.24) is 0 Å². The lowest BCUT2D eigenvalue weighted by molar-refractivity contribution is -0.141. The summed E-state index contributed by atoms with van der Waals surface area (Å²) in [6, 6.07) is 0. The molecule has 0 radical (unpaired) electrons. The van der Waals surface area contributed by atoms with Gasteiger partial charge in [0.05, 0.1) is 0 Å². The molecule has 1 saturated heterocycles. The van der Waals surface area contributed by atoms with Gasteiger partial charge in [-0.3, -0.25) is 4.79 Å². The van der Waals surface area contributed by atoms with E-state index in [2.05, 4.69) is 0 Å². The molecule has 0 aromatic rings. The topological polar surface area (TPSA) is 44.8 Å². The van der Waals surface area contributed by atoms with Crippen LogP contribution in [0.1, 0.15) is 41.5 Å². The SMILES string of the molecule is CC(C)O[B-]1(C(C)C)OC(=O)C(C)(C)O1.[CH3+]. The lowest BCUT2D eigenvalue weighted by Gasteiger charge is -2.40. The summed E-state index contributed by atoms with van der Waals surface area (Å²) in [6.07, 6.45) is -0.0332. The maximum atomic E-state index is 11.6. The van der Waals surface area contributed by atoms with E-state index in [0.29, 0.717) is 0 Å². The molecule has 1 aliphatic rings. The first kappa shape index (κ1) is 15.3. The van der Waals surface area contributed by atoms with Crippen LogP contribution >= 0.6 is 0 Å². The highest BCUT2D eigenvalue weighted by molar-refractivity contribution is 6.65. The minimum Gasteiger partial charge on any atom is -0.641 e. The number of hydrogen-bond donors (Lipinski definition) is 0. The number of rotatable bonds is 3. The van der Waals surface area contributed by atoms with Gasteiger partial charge in [-0.2, -0.15) is 0 Å². The zero-order chi connectivity index (χ0) is 11.9. The van der Waals surface area contributed by atoms with E-state index in [1.807, 2.05) is 27.7 Å². The Morgan fingerprint density at radius 3 is 2.00 bits per heavy atom. The van der Waals surface area contributed by atoms with Crippen LogP contribution in [-0.2, 0) is 18.8 Å². The van der Waals surface area contributed by atoms with Crippen LogP contribution in [0, 0.1) is 7.43 Å². The van der Waals surface area contributed by atoms with E-state index in [9.17, 15) is 4.79 Å². The van der Waals surface area contributed by atoms with Crippen LogP contribution in [0.15, 0.2) is 0 Å². The molecule has 16 heavy (non-hydrogen) atoms. The van der Waals surface area contributed by atoms with Crippen molar-refractivity contribution in [1.29, 1.82) is 0 Å². The molecule has 94 valence electrons. The molecule has 1 atom stereocenters. The predicted octanol–water partition coefficient (Wildman–Crippen LogP) is 2.56. The molecular formula is C11H23BO4. The molecule has 0 aliphatic carbocycles. The fourth-order valence-electron chi connectivity index (χ4n) is 1.64. The van der Waals surface area contributed by atoms with Crippen LogP contribution in [0.3, 0.4) is 0 Å². The highest BCUT2D eigenvalue weighted by atomic mass is 16.8. The molecule has 0 spiro atoms. The zero-order valence-electron chi connectivity index (χ0n) is 11.4. The number of hydrogen-bond acceptors (Lipinski definition) is 4. The largest absolute Gasteiger partial charge is 0.641 e. The Bertz CT molecular complexity index is 263. The Balaban J connectivity index is 0.00000225. The first-order valence-corrected chi connectivity index (χ1v) is 5.45. The normalized spacial score (nSPS) is 28.1. The molecule has 0 saturated carbocycles. The van der Waals surface area contributed by atoms with Crippen LogP contribution in [0.25, 0.3) is 0 Å². The van der Waals surface area contributed by atoms with Crippen molar-refractivity contribution in [2.45, 2.75) is 59.1 Å². The van der Waals surface area contributed by atoms with Gasteiger partial charge in [-0.05, 0) is 27.7 Å². The minimum absolute atomic E-state index is 0. The van der Waals surface area contributed by atoms with Crippen molar-refractivity contribution >= 4 is 12.7 Å². The maximum absolute atomic E-state index is 11.6. The average molecular weight is 230 g/mol. The first-order valence-electron chi connectivity index (χ1n) is 5.45. The van der Waals surface area contributed by atoms with E-state index >= 15 is 0 Å². The fraction of sp³-hybridized carbons (Fsp3) is 0.818. The first-order chi connectivity index (χ1) is 6.69. The second-order valence-electron chi connectivity index (χ2n) is 5.16. The van der Waals surface area contributed by atoms with Crippen molar-refractivity contribution in [2.24, 2.45) is 0 Å². The summed E-state index contributed by atoms with van der Waals surface area (Å²) in [5, 5.41) is 0. The van der Waals surface area contributed by atoms with Crippen molar-refractivity contribution in [3.8, 4) is 0 Å². The van der Waals surface area contributed by atoms with Gasteiger partial charge in [0.2, 0.25) is 0 Å². The Labute approximate surface area is 98.7 Å². The van der Waals surface area contributed by atoms with Crippen LogP contribution in [0.5, 0.6) is 0 Å². The van der Waals surface area contributed by atoms with Gasteiger partial charge < -0.3 is 14.0 Å². The standard InChI is InChI=1S/C10H20BO4.CH3/c1-7(2)11(13-8(3)4)14-9(12)10(5,6)15-11;/h7-8H,1-6H3;1H3/q-1;+1. The Kier molecular flexibility index (Phi) is 4.48. The Morgan fingerprint density at radius 1 is 1.25 bits per heavy atom. The van der Waals surface area contributed by atoms with Crippen LogP contribution in [0.2, 0.25) is 5.82 Å². The third-order valence-electron chi connectivity index (χ3n) is 2.50. The minimum atomic E-state index is -1.94. The van der Waals surface area contributed by atoms with Crippen LogP contribution < -0.4 is 0 Å². The van der Waals surface area contributed by atoms with Gasteiger partial charge in [0.25, 0.3) is 5.97 Å². The van der Waals surface area contributed by atoms with Gasteiger partial charge in [-0.15, -0.1) is 0 Å². The highest BCUT2D eigenvalue weighted by Crippen LogP contribution is 2.37. The predicted molar refractivity (Wildman–Crippen MR) is 64.7 cm³/mol. The molecule has 0 amide bonds. The molecule has 1 rings (SSSR count). The van der Waals surface area contributed by atoms with E-state index in [1.165, 1.54) is 0 Å². The second kappa shape index (κ2) is 4.68. The molecule has 4 nitrogen and oxygen atoms in total. The summed E-state index contributed by atoms with van der Waals surface area (Å²) < 4.78 is 16.7. The zero-order valence-corrected chi connectivity index (χ0v) is 11.4. The molecule has 1 aliphatic heterocycles. The second-order valence-corrected chi connectivity index (χ2v) is 5.16. The van der Waals surface area contributed by atoms with Gasteiger partial charge >= 0.3 is 6.75 Å². The van der Waals surface area contributed by atoms with Crippen molar-refractivity contribution < 1.29 is 18.8 Å². The third kappa shape index (κ3) is 2.71. The van der Waals surface area contributed by atoms with Crippen molar-refractivity contribution in [3.63, 3.8) is 0 Å². The quantitative estimate of drug-likeness (QED) is 0.552. The molecule has 1 fully saturated rings. The van der Waals surface area contributed by atoms with E-state index < -0.39 is 12.4 Å². The number of carbonyl (C=O) groups is 1. The number of carbonyl (C=O) groups excluding carboxylic acids is 1. The molecule has 0 bridgehead atoms. The summed E-state index contributed by atoms with van der Waals surface area (Å²) in [5.41, 5.74) is -0.904. The lowest BCUT2D eigenvalue weighted by Crippen LogP contribution is -2.47. The summed E-state index contributed by atoms with van der Waals surface area (Å²) in [4.78, 5) is 11.6. The maximum Gasteiger partial charge on any atom is 0.440 e. The molecule has 0 aromatic heterocycles. The van der Waals surface area contributed by atoms with E-state index in [1.54, 1.807) is 13.8 Å². The van der Waals surface area contributed by atoms with Gasteiger partial charge in [0.15, 0.2) is 0 Å². The molecule has 1 unspecified atom stereocenters. The summed E-state index contributed by atoms with van der Waals surface area (Å²) >= 11 is 0. The van der Waals surface area contributed by atoms with E-state index in [-0.39, 0.29) is 25.3 Å². The monoisotopic (exact) mass is 230 g/mol. The third-order valence-corrected chi connectivity index (χ3v) is 2.50. The molecule has 1 heterocycles. The summed E-state index contributed by atoms with van der Waals surface area (Å²) in [5.74, 6) is -0.338. The molecule has 0 N–H and O–H groups in total. The molecular weight excluding hydrogens is 207 g/mol. The van der Waals surface area contributed by atoms with Gasteiger partial charge in [-0.1, -0.05) is 19.7 Å². The van der Waals surface area contributed by atoms with Gasteiger partial charge in [0.1, 0.15) is 5.60 Å². The van der Waals surface area contributed by atoms with E-state index in [0.717, 1.165) is 0 Å². The lowest BCUT2D eigenvalue weighted by atomic mass is 9.65. The van der Waals surface area contributed by atoms with Crippen LogP contribution in [-0.4, -0.2) is 24.4 Å². The molecule has 5 heteroatoms. The van der Waals surface area contributed by atoms with E-state index in [4.69, 9.17) is 14.0 Å². The highest BCUT2D eigenvalue weighted by Gasteiger charge is 2.51. The average Bonchev–Trinajstić information content (AvgIpc) is 2.21. The summed E-state index contributed by atoms with van der Waals surface area (Å²) in [7, 11) is 0. The summed E-state index contributed by atoms with van der Waals surface area (Å²) in [6.45, 7) is 9.10. The Morgan fingerprint density at radius 2 is 1.75 bits per heavy atom. The van der Waals surface area contributed by atoms with Crippen LogP contribution in [0.4, 0.5) is 0 Å². The van der Waals surface area contributed by atoms with Crippen molar-refractivity contribution in [2.75, 3.05) is 0 Å². The fourth-order valence-corrected chi connectivity index (χ4v) is 1.64. The smallest absolute Gasteiger partial charge is 0.440 e. The Hall–Kier alpha value is -0.675.